The SMILES string of the molecule is C[C@@H](S)c1ccccc1CS. The number of hydrogen-bond donors (Lipinski definition) is 2. The van der Waals surface area contributed by atoms with Crippen LogP contribution in [0.3, 0.4) is 0 Å². The first-order valence-electron chi connectivity index (χ1n) is 3.62. The van der Waals surface area contributed by atoms with Gasteiger partial charge in [-0.3, -0.25) is 0 Å². The summed E-state index contributed by atoms with van der Waals surface area (Å²) in [5.74, 6) is 0.793. The van der Waals surface area contributed by atoms with Crippen molar-refractivity contribution in [2.45, 2.75) is 17.9 Å². The molecule has 0 aromatic heterocycles. The maximum atomic E-state index is 4.38. The second kappa shape index (κ2) is 4.07. The van der Waals surface area contributed by atoms with Crippen LogP contribution >= 0.6 is 25.3 Å². The van der Waals surface area contributed by atoms with Gasteiger partial charge >= 0.3 is 0 Å². The Morgan fingerprint density at radius 1 is 1.36 bits per heavy atom. The van der Waals surface area contributed by atoms with Gasteiger partial charge in [0.05, 0.1) is 0 Å². The molecular formula is C9H12S2. The van der Waals surface area contributed by atoms with Gasteiger partial charge in [-0.2, -0.15) is 25.3 Å². The standard InChI is InChI=1S/C9H12S2/c1-7(11)9-5-3-2-4-8(9)6-10/h2-5,7,10-11H,6H2,1H3/t7-/m1/s1. The van der Waals surface area contributed by atoms with Crippen molar-refractivity contribution >= 4 is 25.3 Å². The van der Waals surface area contributed by atoms with Gasteiger partial charge in [-0.15, -0.1) is 0 Å². The molecule has 1 aromatic rings. The van der Waals surface area contributed by atoms with Gasteiger partial charge in [-0.05, 0) is 18.1 Å². The van der Waals surface area contributed by atoms with Crippen LogP contribution in [-0.2, 0) is 5.75 Å². The van der Waals surface area contributed by atoms with E-state index in [0.717, 1.165) is 5.75 Å². The molecule has 0 amide bonds. The molecule has 1 atom stereocenters. The van der Waals surface area contributed by atoms with Crippen molar-refractivity contribution < 1.29 is 0 Å². The van der Waals surface area contributed by atoms with Gasteiger partial charge in [-0.25, -0.2) is 0 Å². The quantitative estimate of drug-likeness (QED) is 0.648. The van der Waals surface area contributed by atoms with Crippen LogP contribution in [0.4, 0.5) is 0 Å². The predicted octanol–water partition coefficient (Wildman–Crippen LogP) is 3.11. The Morgan fingerprint density at radius 3 is 2.45 bits per heavy atom. The Hall–Kier alpha value is -0.0800. The van der Waals surface area contributed by atoms with E-state index < -0.39 is 0 Å². The van der Waals surface area contributed by atoms with Crippen molar-refractivity contribution in [2.24, 2.45) is 0 Å². The fourth-order valence-electron chi connectivity index (χ4n) is 1.09. The van der Waals surface area contributed by atoms with E-state index >= 15 is 0 Å². The Balaban J connectivity index is 3.02. The summed E-state index contributed by atoms with van der Waals surface area (Å²) in [7, 11) is 0. The number of benzene rings is 1. The molecule has 0 fully saturated rings. The first kappa shape index (κ1) is 9.01. The van der Waals surface area contributed by atoms with E-state index in [1.165, 1.54) is 11.1 Å². The highest BCUT2D eigenvalue weighted by Gasteiger charge is 2.03. The molecule has 0 heterocycles. The third-order valence-electron chi connectivity index (χ3n) is 1.68. The Labute approximate surface area is 78.8 Å². The minimum atomic E-state index is 0.304. The molecule has 2 heteroatoms. The van der Waals surface area contributed by atoms with E-state index in [1.54, 1.807) is 0 Å². The first-order chi connectivity index (χ1) is 5.25. The second-order valence-corrected chi connectivity index (χ2v) is 3.62. The zero-order valence-corrected chi connectivity index (χ0v) is 8.28. The van der Waals surface area contributed by atoms with Crippen LogP contribution in [0.2, 0.25) is 0 Å². The van der Waals surface area contributed by atoms with Crippen molar-refractivity contribution in [1.82, 2.24) is 0 Å². The molecule has 0 unspecified atom stereocenters. The van der Waals surface area contributed by atoms with E-state index in [2.05, 4.69) is 44.3 Å². The molecule has 0 saturated carbocycles. The lowest BCUT2D eigenvalue weighted by atomic mass is 10.1. The summed E-state index contributed by atoms with van der Waals surface area (Å²) in [5, 5.41) is 0.304. The molecule has 1 aromatic carbocycles. The van der Waals surface area contributed by atoms with E-state index in [4.69, 9.17) is 0 Å². The molecule has 0 aliphatic rings. The highest BCUT2D eigenvalue weighted by Crippen LogP contribution is 2.23. The summed E-state index contributed by atoms with van der Waals surface area (Å²) in [6, 6.07) is 8.26. The molecule has 0 spiro atoms. The minimum absolute atomic E-state index is 0.304. The van der Waals surface area contributed by atoms with Crippen molar-refractivity contribution in [3.8, 4) is 0 Å². The molecule has 0 nitrogen and oxygen atoms in total. The highest BCUT2D eigenvalue weighted by molar-refractivity contribution is 7.80. The van der Waals surface area contributed by atoms with E-state index in [0.29, 0.717) is 5.25 Å². The molecule has 0 aliphatic carbocycles. The molecule has 0 bridgehead atoms. The fraction of sp³-hybridized carbons (Fsp3) is 0.333. The minimum Gasteiger partial charge on any atom is -0.175 e. The van der Waals surface area contributed by atoms with Crippen LogP contribution in [0.15, 0.2) is 24.3 Å². The summed E-state index contributed by atoms with van der Waals surface area (Å²) >= 11 is 8.62. The maximum absolute atomic E-state index is 4.38. The van der Waals surface area contributed by atoms with Crippen LogP contribution in [0.1, 0.15) is 23.3 Å². The van der Waals surface area contributed by atoms with E-state index in [1.807, 2.05) is 12.1 Å². The third kappa shape index (κ3) is 2.17. The van der Waals surface area contributed by atoms with Gasteiger partial charge < -0.3 is 0 Å². The smallest absolute Gasteiger partial charge is 0.0241 e. The number of hydrogen-bond acceptors (Lipinski definition) is 2. The highest BCUT2D eigenvalue weighted by atomic mass is 32.1. The maximum Gasteiger partial charge on any atom is 0.0241 e. The van der Waals surface area contributed by atoms with Crippen molar-refractivity contribution in [3.63, 3.8) is 0 Å². The Morgan fingerprint density at radius 2 is 2.00 bits per heavy atom. The zero-order valence-electron chi connectivity index (χ0n) is 6.49. The molecule has 0 saturated heterocycles. The van der Waals surface area contributed by atoms with E-state index in [9.17, 15) is 0 Å². The molecular weight excluding hydrogens is 172 g/mol. The summed E-state index contributed by atoms with van der Waals surface area (Å²) in [6.45, 7) is 2.07. The number of rotatable bonds is 2. The van der Waals surface area contributed by atoms with Gasteiger partial charge in [0.25, 0.3) is 0 Å². The average molecular weight is 184 g/mol. The first-order valence-corrected chi connectivity index (χ1v) is 4.77. The zero-order chi connectivity index (χ0) is 8.27. The van der Waals surface area contributed by atoms with Gasteiger partial charge in [0.15, 0.2) is 0 Å². The van der Waals surface area contributed by atoms with Crippen LogP contribution in [0, 0.1) is 0 Å². The van der Waals surface area contributed by atoms with Crippen LogP contribution in [-0.4, -0.2) is 0 Å². The predicted molar refractivity (Wildman–Crippen MR) is 56.5 cm³/mol. The lowest BCUT2D eigenvalue weighted by molar-refractivity contribution is 1.08. The topological polar surface area (TPSA) is 0 Å². The van der Waals surface area contributed by atoms with Crippen molar-refractivity contribution in [2.75, 3.05) is 0 Å². The lowest BCUT2D eigenvalue weighted by Gasteiger charge is -2.08. The second-order valence-electron chi connectivity index (χ2n) is 2.53. The largest absolute Gasteiger partial charge is 0.175 e. The van der Waals surface area contributed by atoms with Gasteiger partial charge in [0.1, 0.15) is 0 Å². The monoisotopic (exact) mass is 184 g/mol. The Kier molecular flexibility index (Phi) is 3.34. The lowest BCUT2D eigenvalue weighted by Crippen LogP contribution is -1.90. The molecule has 60 valence electrons. The van der Waals surface area contributed by atoms with Crippen molar-refractivity contribution in [1.29, 1.82) is 0 Å². The molecule has 1 rings (SSSR count). The van der Waals surface area contributed by atoms with Crippen LogP contribution in [0.25, 0.3) is 0 Å². The van der Waals surface area contributed by atoms with Gasteiger partial charge in [-0.1, -0.05) is 24.3 Å². The summed E-state index contributed by atoms with van der Waals surface area (Å²) in [6.07, 6.45) is 0. The third-order valence-corrected chi connectivity index (χ3v) is 2.29. The molecule has 0 aliphatic heterocycles. The molecule has 0 radical (unpaired) electrons. The van der Waals surface area contributed by atoms with Crippen molar-refractivity contribution in [3.05, 3.63) is 35.4 Å². The summed E-state index contributed by atoms with van der Waals surface area (Å²) in [4.78, 5) is 0. The summed E-state index contributed by atoms with van der Waals surface area (Å²) < 4.78 is 0. The van der Waals surface area contributed by atoms with Gasteiger partial charge in [0.2, 0.25) is 0 Å². The van der Waals surface area contributed by atoms with Gasteiger partial charge in [0, 0.05) is 11.0 Å². The van der Waals surface area contributed by atoms with Crippen LogP contribution in [0.5, 0.6) is 0 Å². The fourth-order valence-corrected chi connectivity index (χ4v) is 1.63. The average Bonchev–Trinajstić information content (AvgIpc) is 2.04. The van der Waals surface area contributed by atoms with E-state index in [-0.39, 0.29) is 0 Å². The summed E-state index contributed by atoms with van der Waals surface area (Å²) in [5.41, 5.74) is 2.56. The molecule has 0 N–H and O–H groups in total. The number of thiol groups is 2. The molecule has 11 heavy (non-hydrogen) atoms. The Bertz CT molecular complexity index is 231. The normalized spacial score (nSPS) is 13.0. The van der Waals surface area contributed by atoms with Crippen LogP contribution < -0.4 is 0 Å².